The fourth-order valence-electron chi connectivity index (χ4n) is 4.23. The van der Waals surface area contributed by atoms with Gasteiger partial charge in [-0.1, -0.05) is 6.92 Å². The lowest BCUT2D eigenvalue weighted by atomic mass is 9.89. The third kappa shape index (κ3) is 3.56. The summed E-state index contributed by atoms with van der Waals surface area (Å²) in [6.45, 7) is 9.69. The summed E-state index contributed by atoms with van der Waals surface area (Å²) in [5.41, 5.74) is -0.253. The molecule has 6 nitrogen and oxygen atoms in total. The van der Waals surface area contributed by atoms with Gasteiger partial charge in [-0.05, 0) is 44.9 Å². The van der Waals surface area contributed by atoms with Gasteiger partial charge in [0.15, 0.2) is 0 Å². The summed E-state index contributed by atoms with van der Waals surface area (Å²) in [5.74, 6) is 1.90. The van der Waals surface area contributed by atoms with Crippen molar-refractivity contribution in [3.63, 3.8) is 0 Å². The number of nitrogens with one attached hydrogen (secondary N) is 1. The van der Waals surface area contributed by atoms with Crippen LogP contribution in [0.25, 0.3) is 0 Å². The highest BCUT2D eigenvalue weighted by molar-refractivity contribution is 5.83. The molecule has 4 rings (SSSR count). The Balaban J connectivity index is 1.37. The lowest BCUT2D eigenvalue weighted by molar-refractivity contribution is -0.205. The highest BCUT2D eigenvalue weighted by Crippen LogP contribution is 2.42. The Morgan fingerprint density at radius 2 is 1.92 bits per heavy atom. The van der Waals surface area contributed by atoms with Crippen LogP contribution < -0.4 is 5.32 Å². The molecule has 0 aromatic heterocycles. The molecule has 0 aromatic rings. The summed E-state index contributed by atoms with van der Waals surface area (Å²) in [4.78, 5) is 29.2. The third-order valence-electron chi connectivity index (χ3n) is 6.10. The van der Waals surface area contributed by atoms with E-state index in [-0.39, 0.29) is 29.5 Å². The first-order valence-corrected chi connectivity index (χ1v) is 9.84. The van der Waals surface area contributed by atoms with Crippen molar-refractivity contribution in [2.24, 2.45) is 17.8 Å². The van der Waals surface area contributed by atoms with Crippen molar-refractivity contribution in [3.05, 3.63) is 0 Å². The number of rotatable bonds is 5. The smallest absolute Gasteiger partial charge is 0.239 e. The number of carbonyl (C=O) groups is 2. The van der Waals surface area contributed by atoms with Crippen LogP contribution in [0.4, 0.5) is 0 Å². The van der Waals surface area contributed by atoms with Crippen LogP contribution in [-0.4, -0.2) is 72.1 Å². The molecule has 0 bridgehead atoms. The summed E-state index contributed by atoms with van der Waals surface area (Å²) in [5, 5.41) is 3.03. The molecule has 25 heavy (non-hydrogen) atoms. The summed E-state index contributed by atoms with van der Waals surface area (Å²) in [7, 11) is 0. The molecular weight excluding hydrogens is 318 g/mol. The SMILES string of the molecule is CC(C)NC(=O)[C@@H]1COC2(CN(C(=O)[C@H]3C[C@H]3C)C2)CN1CC1CC1. The number of likely N-dealkylation sites (tertiary alicyclic amines) is 1. The molecule has 2 saturated heterocycles. The predicted molar refractivity (Wildman–Crippen MR) is 93.9 cm³/mol. The monoisotopic (exact) mass is 349 g/mol. The molecule has 6 heteroatoms. The lowest BCUT2D eigenvalue weighted by Gasteiger charge is -2.55. The zero-order valence-electron chi connectivity index (χ0n) is 15.7. The van der Waals surface area contributed by atoms with Gasteiger partial charge >= 0.3 is 0 Å². The van der Waals surface area contributed by atoms with Crippen molar-refractivity contribution < 1.29 is 14.3 Å². The normalized spacial score (nSPS) is 34.1. The fourth-order valence-corrected chi connectivity index (χ4v) is 4.23. The van der Waals surface area contributed by atoms with Crippen LogP contribution in [0.2, 0.25) is 0 Å². The predicted octanol–water partition coefficient (Wildman–Crippen LogP) is 0.859. The molecule has 4 fully saturated rings. The maximum absolute atomic E-state index is 12.5. The summed E-state index contributed by atoms with van der Waals surface area (Å²) in [6.07, 6.45) is 3.58. The summed E-state index contributed by atoms with van der Waals surface area (Å²) >= 11 is 0. The van der Waals surface area contributed by atoms with Gasteiger partial charge in [-0.15, -0.1) is 0 Å². The molecule has 2 amide bonds. The zero-order valence-corrected chi connectivity index (χ0v) is 15.7. The second-order valence-corrected chi connectivity index (χ2v) is 9.06. The van der Waals surface area contributed by atoms with Crippen molar-refractivity contribution in [2.45, 2.75) is 57.7 Å². The number of morpholine rings is 1. The average molecular weight is 349 g/mol. The fraction of sp³-hybridized carbons (Fsp3) is 0.895. The number of hydrogen-bond acceptors (Lipinski definition) is 4. The van der Waals surface area contributed by atoms with E-state index in [1.807, 2.05) is 18.7 Å². The van der Waals surface area contributed by atoms with Crippen molar-refractivity contribution >= 4 is 11.8 Å². The second-order valence-electron chi connectivity index (χ2n) is 9.06. The minimum atomic E-state index is -0.253. The van der Waals surface area contributed by atoms with Gasteiger partial charge in [0, 0.05) is 25.0 Å². The molecule has 0 aromatic carbocycles. The van der Waals surface area contributed by atoms with Gasteiger partial charge in [0.2, 0.25) is 11.8 Å². The van der Waals surface area contributed by atoms with Crippen LogP contribution in [-0.2, 0) is 14.3 Å². The first kappa shape index (κ1) is 17.3. The van der Waals surface area contributed by atoms with E-state index in [1.54, 1.807) is 0 Å². The average Bonchev–Trinajstić information content (AvgIpc) is 3.41. The summed E-state index contributed by atoms with van der Waals surface area (Å²) in [6, 6.07) is -0.0506. The Kier molecular flexibility index (Phi) is 4.31. The molecular formula is C19H31N3O3. The van der Waals surface area contributed by atoms with Gasteiger partial charge in [-0.2, -0.15) is 0 Å². The van der Waals surface area contributed by atoms with E-state index >= 15 is 0 Å². The molecule has 4 aliphatic rings. The minimum Gasteiger partial charge on any atom is -0.368 e. The van der Waals surface area contributed by atoms with Gasteiger partial charge in [-0.3, -0.25) is 14.5 Å². The van der Waals surface area contributed by atoms with Crippen LogP contribution in [0.3, 0.4) is 0 Å². The van der Waals surface area contributed by atoms with Crippen LogP contribution in [0.15, 0.2) is 0 Å². The number of carbonyl (C=O) groups excluding carboxylic acids is 2. The van der Waals surface area contributed by atoms with Gasteiger partial charge in [-0.25, -0.2) is 0 Å². The Morgan fingerprint density at radius 3 is 2.48 bits per heavy atom. The van der Waals surface area contributed by atoms with Gasteiger partial charge in [0.1, 0.15) is 11.6 Å². The lowest BCUT2D eigenvalue weighted by Crippen LogP contribution is -2.74. The molecule has 140 valence electrons. The number of hydrogen-bond donors (Lipinski definition) is 1. The van der Waals surface area contributed by atoms with E-state index in [0.717, 1.165) is 25.4 Å². The van der Waals surface area contributed by atoms with Crippen molar-refractivity contribution in [1.29, 1.82) is 0 Å². The van der Waals surface area contributed by atoms with Crippen molar-refractivity contribution in [2.75, 3.05) is 32.8 Å². The van der Waals surface area contributed by atoms with E-state index < -0.39 is 0 Å². The van der Waals surface area contributed by atoms with Crippen LogP contribution in [0, 0.1) is 17.8 Å². The topological polar surface area (TPSA) is 61.9 Å². The Bertz CT molecular complexity index is 554. The highest BCUT2D eigenvalue weighted by Gasteiger charge is 2.55. The Labute approximate surface area is 150 Å². The van der Waals surface area contributed by atoms with Crippen molar-refractivity contribution in [3.8, 4) is 0 Å². The molecule has 2 aliphatic heterocycles. The maximum atomic E-state index is 12.5. The second kappa shape index (κ2) is 6.23. The Hall–Kier alpha value is -1.14. The van der Waals surface area contributed by atoms with E-state index in [2.05, 4.69) is 17.1 Å². The van der Waals surface area contributed by atoms with Gasteiger partial charge < -0.3 is 15.0 Å². The van der Waals surface area contributed by atoms with E-state index in [0.29, 0.717) is 31.5 Å². The number of nitrogens with zero attached hydrogens (tertiary/aromatic N) is 2. The third-order valence-corrected chi connectivity index (χ3v) is 6.10. The van der Waals surface area contributed by atoms with Gasteiger partial charge in [0.25, 0.3) is 0 Å². The first-order valence-electron chi connectivity index (χ1n) is 9.84. The van der Waals surface area contributed by atoms with E-state index in [1.165, 1.54) is 12.8 Å². The van der Waals surface area contributed by atoms with Crippen LogP contribution >= 0.6 is 0 Å². The molecule has 2 heterocycles. The Morgan fingerprint density at radius 1 is 1.24 bits per heavy atom. The van der Waals surface area contributed by atoms with Crippen molar-refractivity contribution in [1.82, 2.24) is 15.1 Å². The number of ether oxygens (including phenoxy) is 1. The van der Waals surface area contributed by atoms with Crippen LogP contribution in [0.5, 0.6) is 0 Å². The summed E-state index contributed by atoms with van der Waals surface area (Å²) < 4.78 is 6.16. The molecule has 3 atom stereocenters. The quantitative estimate of drug-likeness (QED) is 0.800. The molecule has 0 radical (unpaired) electrons. The largest absolute Gasteiger partial charge is 0.368 e. The molecule has 2 aliphatic carbocycles. The zero-order chi connectivity index (χ0) is 17.8. The highest BCUT2D eigenvalue weighted by atomic mass is 16.5. The maximum Gasteiger partial charge on any atom is 0.239 e. The van der Waals surface area contributed by atoms with Crippen LogP contribution in [0.1, 0.15) is 40.0 Å². The van der Waals surface area contributed by atoms with E-state index in [9.17, 15) is 9.59 Å². The van der Waals surface area contributed by atoms with E-state index in [4.69, 9.17) is 4.74 Å². The molecule has 2 saturated carbocycles. The minimum absolute atomic E-state index is 0.0737. The molecule has 1 N–H and O–H groups in total. The molecule has 1 spiro atoms. The number of amides is 2. The standard InChI is InChI=1S/C19H31N3O3/c1-12(2)20-17(23)16-8-25-19(9-21(16)7-14-4-5-14)10-22(11-19)18(24)15-6-13(15)3/h12-16H,4-11H2,1-3H3,(H,20,23)/t13-,15+,16+/m1/s1. The molecule has 0 unspecified atom stereocenters. The first-order chi connectivity index (χ1) is 11.9. The van der Waals surface area contributed by atoms with Gasteiger partial charge in [0.05, 0.1) is 19.7 Å².